The van der Waals surface area contributed by atoms with Crippen LogP contribution in [0.4, 0.5) is 0 Å². The zero-order chi connectivity index (χ0) is 10.3. The molecule has 0 saturated heterocycles. The van der Waals surface area contributed by atoms with Crippen molar-refractivity contribution in [3.05, 3.63) is 59.7 Å². The maximum absolute atomic E-state index is 3.40. The molecule has 3 rings (SSSR count). The number of rotatable bonds is 1. The molecule has 0 bridgehead atoms. The van der Waals surface area contributed by atoms with E-state index in [4.69, 9.17) is 0 Å². The fourth-order valence-corrected chi connectivity index (χ4v) is 2.60. The second-order valence-electron chi connectivity index (χ2n) is 4.05. The van der Waals surface area contributed by atoms with Gasteiger partial charge >= 0.3 is 18.9 Å². The van der Waals surface area contributed by atoms with Crippen molar-refractivity contribution >= 4 is 0 Å². The van der Waals surface area contributed by atoms with Crippen LogP contribution in [0.2, 0.25) is 0 Å². The molecular formula is C15H13Li. The predicted molar refractivity (Wildman–Crippen MR) is 62.8 cm³/mol. The van der Waals surface area contributed by atoms with E-state index in [-0.39, 0.29) is 18.9 Å². The van der Waals surface area contributed by atoms with E-state index in [0.29, 0.717) is 5.92 Å². The number of fused-ring (bicyclic) bond motifs is 3. The summed E-state index contributed by atoms with van der Waals surface area (Å²) in [5.41, 5.74) is 5.62. The summed E-state index contributed by atoms with van der Waals surface area (Å²) in [7, 11) is 0. The van der Waals surface area contributed by atoms with E-state index in [2.05, 4.69) is 49.4 Å². The van der Waals surface area contributed by atoms with Crippen molar-refractivity contribution in [3.8, 4) is 11.1 Å². The Morgan fingerprint density at radius 2 is 1.81 bits per heavy atom. The van der Waals surface area contributed by atoms with Gasteiger partial charge in [0.25, 0.3) is 0 Å². The molecule has 0 fully saturated rings. The summed E-state index contributed by atoms with van der Waals surface area (Å²) < 4.78 is 0. The molecule has 0 aromatic heterocycles. The van der Waals surface area contributed by atoms with Crippen molar-refractivity contribution in [1.82, 2.24) is 0 Å². The van der Waals surface area contributed by atoms with Gasteiger partial charge in [-0.1, -0.05) is 36.8 Å². The van der Waals surface area contributed by atoms with Gasteiger partial charge in [0.05, 0.1) is 0 Å². The first-order valence-corrected chi connectivity index (χ1v) is 5.51. The molecular weight excluding hydrogens is 187 g/mol. The average molecular weight is 200 g/mol. The van der Waals surface area contributed by atoms with Crippen LogP contribution in [0.3, 0.4) is 0 Å². The Morgan fingerprint density at radius 3 is 2.62 bits per heavy atom. The quantitative estimate of drug-likeness (QED) is 0.476. The Balaban J connectivity index is 0.000000963. The van der Waals surface area contributed by atoms with Crippen LogP contribution >= 0.6 is 0 Å². The molecule has 1 atom stereocenters. The van der Waals surface area contributed by atoms with Gasteiger partial charge in [-0.05, 0) is 17.9 Å². The largest absolute Gasteiger partial charge is 1.00 e. The van der Waals surface area contributed by atoms with Gasteiger partial charge in [0.2, 0.25) is 0 Å². The third-order valence-electron chi connectivity index (χ3n) is 3.27. The van der Waals surface area contributed by atoms with Gasteiger partial charge in [-0.25, -0.2) is 0 Å². The maximum Gasteiger partial charge on any atom is 1.00 e. The van der Waals surface area contributed by atoms with Crippen LogP contribution in [0, 0.1) is 6.07 Å². The normalized spacial score (nSPS) is 16.2. The fraction of sp³-hybridized carbons (Fsp3) is 0.200. The van der Waals surface area contributed by atoms with Crippen LogP contribution in [-0.4, -0.2) is 0 Å². The molecule has 0 saturated carbocycles. The molecule has 74 valence electrons. The Bertz CT molecular complexity index is 457. The second kappa shape index (κ2) is 4.50. The number of benzene rings is 2. The SMILES string of the molecule is CCC1c2[c-]cccc2-c2ccccc21.[Li+]. The summed E-state index contributed by atoms with van der Waals surface area (Å²) in [6.45, 7) is 2.25. The molecule has 0 spiro atoms. The summed E-state index contributed by atoms with van der Waals surface area (Å²) in [5, 5.41) is 0. The molecule has 1 heteroatoms. The first kappa shape index (κ1) is 11.5. The zero-order valence-corrected chi connectivity index (χ0v) is 9.83. The van der Waals surface area contributed by atoms with Gasteiger partial charge in [-0.15, -0.1) is 11.1 Å². The molecule has 1 aliphatic carbocycles. The molecule has 0 nitrogen and oxygen atoms in total. The molecule has 2 aromatic rings. The van der Waals surface area contributed by atoms with Crippen molar-refractivity contribution in [1.29, 1.82) is 0 Å². The van der Waals surface area contributed by atoms with Crippen molar-refractivity contribution in [2.24, 2.45) is 0 Å². The monoisotopic (exact) mass is 200 g/mol. The molecule has 0 amide bonds. The second-order valence-corrected chi connectivity index (χ2v) is 4.05. The van der Waals surface area contributed by atoms with Crippen LogP contribution in [0.15, 0.2) is 42.5 Å². The van der Waals surface area contributed by atoms with Gasteiger partial charge in [0.1, 0.15) is 0 Å². The molecule has 2 aromatic carbocycles. The van der Waals surface area contributed by atoms with E-state index in [1.807, 2.05) is 6.07 Å². The first-order valence-electron chi connectivity index (χ1n) is 5.51. The van der Waals surface area contributed by atoms with E-state index in [1.54, 1.807) is 0 Å². The summed E-state index contributed by atoms with van der Waals surface area (Å²) in [6.07, 6.45) is 1.16. The summed E-state index contributed by atoms with van der Waals surface area (Å²) in [5.74, 6) is 0.553. The van der Waals surface area contributed by atoms with Crippen molar-refractivity contribution in [2.45, 2.75) is 19.3 Å². The third-order valence-corrected chi connectivity index (χ3v) is 3.27. The zero-order valence-electron chi connectivity index (χ0n) is 9.83. The van der Waals surface area contributed by atoms with Gasteiger partial charge in [-0.3, -0.25) is 0 Å². The molecule has 0 N–H and O–H groups in total. The van der Waals surface area contributed by atoms with E-state index >= 15 is 0 Å². The minimum atomic E-state index is 0. The van der Waals surface area contributed by atoms with Crippen LogP contribution in [0.1, 0.15) is 30.4 Å². The summed E-state index contributed by atoms with van der Waals surface area (Å²) >= 11 is 0. The third kappa shape index (κ3) is 1.54. The van der Waals surface area contributed by atoms with Gasteiger partial charge in [0.15, 0.2) is 0 Å². The maximum atomic E-state index is 3.40. The fourth-order valence-electron chi connectivity index (χ4n) is 2.60. The Labute approximate surface area is 109 Å². The molecule has 0 radical (unpaired) electrons. The topological polar surface area (TPSA) is 0 Å². The van der Waals surface area contributed by atoms with E-state index in [0.717, 1.165) is 6.42 Å². The smallest absolute Gasteiger partial charge is 0.179 e. The van der Waals surface area contributed by atoms with Gasteiger partial charge < -0.3 is 0 Å². The number of hydrogen-bond donors (Lipinski definition) is 0. The Kier molecular flexibility index (Phi) is 3.24. The average Bonchev–Trinajstić information content (AvgIpc) is 2.63. The van der Waals surface area contributed by atoms with Crippen LogP contribution in [0.25, 0.3) is 11.1 Å². The van der Waals surface area contributed by atoms with Crippen molar-refractivity contribution < 1.29 is 18.9 Å². The predicted octanol–water partition coefficient (Wildman–Crippen LogP) is 1.01. The molecule has 1 aliphatic rings. The first-order chi connectivity index (χ1) is 7.42. The molecule has 0 aliphatic heterocycles. The van der Waals surface area contributed by atoms with Crippen molar-refractivity contribution in [3.63, 3.8) is 0 Å². The summed E-state index contributed by atoms with van der Waals surface area (Å²) in [6, 6.07) is 18.4. The number of hydrogen-bond acceptors (Lipinski definition) is 0. The molecule has 0 heterocycles. The van der Waals surface area contributed by atoms with E-state index < -0.39 is 0 Å². The Morgan fingerprint density at radius 1 is 1.06 bits per heavy atom. The van der Waals surface area contributed by atoms with Crippen LogP contribution in [0.5, 0.6) is 0 Å². The van der Waals surface area contributed by atoms with Gasteiger partial charge in [-0.2, -0.15) is 24.3 Å². The van der Waals surface area contributed by atoms with E-state index in [9.17, 15) is 0 Å². The van der Waals surface area contributed by atoms with Crippen LogP contribution < -0.4 is 18.9 Å². The molecule has 1 unspecified atom stereocenters. The molecule has 16 heavy (non-hydrogen) atoms. The summed E-state index contributed by atoms with van der Waals surface area (Å²) in [4.78, 5) is 0. The standard InChI is InChI=1S/C15H13.Li/c1-2-11-12-7-3-5-9-14(12)15-10-6-4-8-13(11)15;/h3-7,9-11H,2H2,1H3;/q-1;+1. The van der Waals surface area contributed by atoms with Gasteiger partial charge in [0, 0.05) is 0 Å². The Hall–Kier alpha value is -0.963. The minimum Gasteiger partial charge on any atom is -0.179 e. The minimum absolute atomic E-state index is 0. The van der Waals surface area contributed by atoms with Crippen molar-refractivity contribution in [2.75, 3.05) is 0 Å². The van der Waals surface area contributed by atoms with E-state index in [1.165, 1.54) is 22.3 Å². The van der Waals surface area contributed by atoms with Crippen LogP contribution in [-0.2, 0) is 0 Å².